The van der Waals surface area contributed by atoms with Crippen molar-refractivity contribution in [1.82, 2.24) is 19.7 Å². The molecule has 2 aliphatic rings. The van der Waals surface area contributed by atoms with Crippen molar-refractivity contribution in [3.05, 3.63) is 53.2 Å². The second kappa shape index (κ2) is 14.2. The van der Waals surface area contributed by atoms with Gasteiger partial charge >= 0.3 is 6.03 Å². The van der Waals surface area contributed by atoms with Gasteiger partial charge in [-0.1, -0.05) is 12.1 Å². The molecule has 0 aliphatic carbocycles. The van der Waals surface area contributed by atoms with Crippen LogP contribution in [-0.4, -0.2) is 91.3 Å². The molecule has 4 rings (SSSR count). The van der Waals surface area contributed by atoms with Crippen molar-refractivity contribution >= 4 is 36.2 Å². The maximum absolute atomic E-state index is 12.9. The third-order valence-corrected chi connectivity index (χ3v) is 6.49. The predicted octanol–water partition coefficient (Wildman–Crippen LogP) is 3.65. The molecule has 212 valence electrons. The molecule has 2 aliphatic heterocycles. The monoisotopic (exact) mass is 559 g/mol. The van der Waals surface area contributed by atoms with Crippen molar-refractivity contribution in [2.75, 3.05) is 58.9 Å². The van der Waals surface area contributed by atoms with Gasteiger partial charge in [-0.25, -0.2) is 9.78 Å². The van der Waals surface area contributed by atoms with E-state index in [4.69, 9.17) is 14.2 Å². The molecule has 0 radical (unpaired) electrons. The smallest absolute Gasteiger partial charge is 0.323 e. The largest absolute Gasteiger partial charge is 0.493 e. The number of carbonyl (C=O) groups excluding carboxylic acids is 2. The Morgan fingerprint density at radius 2 is 2.03 bits per heavy atom. The summed E-state index contributed by atoms with van der Waals surface area (Å²) in [5, 5.41) is 2.87. The average Bonchev–Trinajstić information content (AvgIpc) is 2.91. The maximum atomic E-state index is 12.9. The van der Waals surface area contributed by atoms with Gasteiger partial charge in [0.15, 0.2) is 11.5 Å². The average molecular weight is 560 g/mol. The van der Waals surface area contributed by atoms with Crippen LogP contribution in [-0.2, 0) is 22.6 Å². The SMILES string of the molecule is COc1cccc(CN(C)C(=O)/C=C/c2cnc3c(c2)CN(CCN2CCOCC2)C(=O)N3)c1OC(C)C.Cl. The number of aromatic nitrogens is 1. The number of hydrogen-bond acceptors (Lipinski definition) is 7. The van der Waals surface area contributed by atoms with Gasteiger partial charge in [-0.05, 0) is 37.6 Å². The highest BCUT2D eigenvalue weighted by Gasteiger charge is 2.24. The summed E-state index contributed by atoms with van der Waals surface area (Å²) < 4.78 is 16.8. The minimum absolute atomic E-state index is 0. The number of nitrogens with one attached hydrogen (secondary N) is 1. The molecule has 0 atom stereocenters. The minimum Gasteiger partial charge on any atom is -0.493 e. The molecule has 1 aromatic heterocycles. The van der Waals surface area contributed by atoms with E-state index in [2.05, 4.69) is 15.2 Å². The summed E-state index contributed by atoms with van der Waals surface area (Å²) in [5.41, 5.74) is 2.58. The zero-order chi connectivity index (χ0) is 27.1. The molecule has 3 amide bonds. The topological polar surface area (TPSA) is 96.5 Å². The van der Waals surface area contributed by atoms with Crippen LogP contribution in [0.15, 0.2) is 36.5 Å². The van der Waals surface area contributed by atoms with Crippen LogP contribution in [0.5, 0.6) is 11.5 Å². The first-order valence-corrected chi connectivity index (χ1v) is 12.9. The summed E-state index contributed by atoms with van der Waals surface area (Å²) in [6, 6.07) is 7.48. The van der Waals surface area contributed by atoms with Gasteiger partial charge in [-0.3, -0.25) is 15.0 Å². The van der Waals surface area contributed by atoms with E-state index >= 15 is 0 Å². The number of likely N-dealkylation sites (N-methyl/N-ethyl adjacent to an activating group) is 1. The van der Waals surface area contributed by atoms with Crippen LogP contribution < -0.4 is 14.8 Å². The molecular weight excluding hydrogens is 522 g/mol. The van der Waals surface area contributed by atoms with E-state index in [0.717, 1.165) is 49.5 Å². The van der Waals surface area contributed by atoms with Crippen LogP contribution in [0.1, 0.15) is 30.5 Å². The van der Waals surface area contributed by atoms with E-state index in [1.54, 1.807) is 36.2 Å². The molecule has 0 saturated carbocycles. The Morgan fingerprint density at radius 1 is 1.26 bits per heavy atom. The molecule has 1 fully saturated rings. The van der Waals surface area contributed by atoms with E-state index in [0.29, 0.717) is 37.0 Å². The fraction of sp³-hybridized carbons (Fsp3) is 0.464. The summed E-state index contributed by atoms with van der Waals surface area (Å²) in [6.07, 6.45) is 4.91. The summed E-state index contributed by atoms with van der Waals surface area (Å²) in [5.74, 6) is 1.70. The van der Waals surface area contributed by atoms with Crippen LogP contribution in [0.2, 0.25) is 0 Å². The number of hydrogen-bond donors (Lipinski definition) is 1. The van der Waals surface area contributed by atoms with E-state index in [1.165, 1.54) is 6.08 Å². The Morgan fingerprint density at radius 3 is 2.74 bits per heavy atom. The number of ether oxygens (including phenoxy) is 3. The molecule has 1 N–H and O–H groups in total. The Balaban J connectivity index is 0.00000420. The molecule has 1 saturated heterocycles. The van der Waals surface area contributed by atoms with Crippen molar-refractivity contribution in [2.24, 2.45) is 0 Å². The molecule has 3 heterocycles. The Hall–Kier alpha value is -3.34. The highest BCUT2D eigenvalue weighted by molar-refractivity contribution is 5.93. The third kappa shape index (κ3) is 8.08. The lowest BCUT2D eigenvalue weighted by molar-refractivity contribution is -0.125. The molecular formula is C28H38ClN5O5. The van der Waals surface area contributed by atoms with E-state index in [-0.39, 0.29) is 30.4 Å². The molecule has 0 spiro atoms. The fourth-order valence-electron chi connectivity index (χ4n) is 4.42. The van der Waals surface area contributed by atoms with Crippen LogP contribution in [0.3, 0.4) is 0 Å². The number of para-hydroxylation sites is 1. The van der Waals surface area contributed by atoms with Crippen molar-refractivity contribution in [3.8, 4) is 11.5 Å². The molecule has 39 heavy (non-hydrogen) atoms. The number of carbonyl (C=O) groups is 2. The quantitative estimate of drug-likeness (QED) is 0.444. The van der Waals surface area contributed by atoms with Gasteiger partial charge < -0.3 is 24.0 Å². The number of pyridine rings is 1. The zero-order valence-corrected chi connectivity index (χ0v) is 23.8. The van der Waals surface area contributed by atoms with Gasteiger partial charge in [0.2, 0.25) is 5.91 Å². The van der Waals surface area contributed by atoms with E-state index in [9.17, 15) is 9.59 Å². The number of benzene rings is 1. The van der Waals surface area contributed by atoms with Crippen molar-refractivity contribution in [1.29, 1.82) is 0 Å². The van der Waals surface area contributed by atoms with Crippen molar-refractivity contribution in [2.45, 2.75) is 33.0 Å². The van der Waals surface area contributed by atoms with Crippen LogP contribution in [0.25, 0.3) is 6.08 Å². The number of rotatable bonds is 10. The van der Waals surface area contributed by atoms with Crippen LogP contribution >= 0.6 is 12.4 Å². The lowest BCUT2D eigenvalue weighted by Crippen LogP contribution is -2.45. The first kappa shape index (κ1) is 30.2. The zero-order valence-electron chi connectivity index (χ0n) is 23.0. The van der Waals surface area contributed by atoms with Crippen LogP contribution in [0, 0.1) is 0 Å². The normalized spacial score (nSPS) is 15.5. The third-order valence-electron chi connectivity index (χ3n) is 6.49. The summed E-state index contributed by atoms with van der Waals surface area (Å²) in [6.45, 7) is 9.41. The standard InChI is InChI=1S/C28H37N5O5.ClH/c1-20(2)38-26-22(6-5-7-24(26)36-4)18-31(3)25(34)9-8-21-16-23-19-33(28(35)30-27(23)29-17-21)11-10-32-12-14-37-15-13-32;/h5-9,16-17,20H,10-15,18-19H2,1-4H3,(H,29,30,35);1H/b9-8+;. The van der Waals surface area contributed by atoms with Crippen molar-refractivity contribution in [3.63, 3.8) is 0 Å². The molecule has 0 unspecified atom stereocenters. The van der Waals surface area contributed by atoms with Gasteiger partial charge in [-0.15, -0.1) is 12.4 Å². The predicted molar refractivity (Wildman–Crippen MR) is 152 cm³/mol. The molecule has 1 aromatic carbocycles. The Labute approximate surface area is 236 Å². The number of amides is 3. The number of urea groups is 1. The Bertz CT molecular complexity index is 1170. The highest BCUT2D eigenvalue weighted by Crippen LogP contribution is 2.32. The lowest BCUT2D eigenvalue weighted by atomic mass is 10.1. The first-order valence-electron chi connectivity index (χ1n) is 12.9. The molecule has 11 heteroatoms. The van der Waals surface area contributed by atoms with E-state index in [1.807, 2.05) is 38.1 Å². The number of anilines is 1. The first-order chi connectivity index (χ1) is 18.3. The fourth-order valence-corrected chi connectivity index (χ4v) is 4.42. The number of fused-ring (bicyclic) bond motifs is 1. The van der Waals surface area contributed by atoms with Crippen molar-refractivity contribution < 1.29 is 23.8 Å². The minimum atomic E-state index is -0.151. The molecule has 0 bridgehead atoms. The van der Waals surface area contributed by atoms with Gasteiger partial charge in [0, 0.05) is 63.2 Å². The van der Waals surface area contributed by atoms with Gasteiger partial charge in [0.05, 0.1) is 33.0 Å². The lowest BCUT2D eigenvalue weighted by Gasteiger charge is -2.32. The van der Waals surface area contributed by atoms with Gasteiger partial charge in [0.1, 0.15) is 5.82 Å². The number of methoxy groups -OCH3 is 1. The number of halogens is 1. The maximum Gasteiger partial charge on any atom is 0.323 e. The summed E-state index contributed by atoms with van der Waals surface area (Å²) in [4.78, 5) is 35.5. The second-order valence-corrected chi connectivity index (χ2v) is 9.72. The number of morpholine rings is 1. The van der Waals surface area contributed by atoms with Gasteiger partial charge in [-0.2, -0.15) is 0 Å². The van der Waals surface area contributed by atoms with Crippen LogP contribution in [0.4, 0.5) is 10.6 Å². The van der Waals surface area contributed by atoms with Gasteiger partial charge in [0.25, 0.3) is 0 Å². The molecule has 2 aromatic rings. The summed E-state index contributed by atoms with van der Waals surface area (Å²) in [7, 11) is 3.35. The number of nitrogens with zero attached hydrogens (tertiary/aromatic N) is 4. The second-order valence-electron chi connectivity index (χ2n) is 9.72. The highest BCUT2D eigenvalue weighted by atomic mass is 35.5. The summed E-state index contributed by atoms with van der Waals surface area (Å²) >= 11 is 0. The Kier molecular flexibility index (Phi) is 11.0. The van der Waals surface area contributed by atoms with E-state index < -0.39 is 0 Å². The molecule has 10 nitrogen and oxygen atoms in total.